The Morgan fingerprint density at radius 3 is 2.58 bits per heavy atom. The molecule has 5 nitrogen and oxygen atoms in total. The van der Waals surface area contributed by atoms with Crippen molar-refractivity contribution < 1.29 is 14.3 Å². The van der Waals surface area contributed by atoms with Gasteiger partial charge >= 0.3 is 0 Å². The third kappa shape index (κ3) is 5.98. The highest BCUT2D eigenvalue weighted by atomic mass is 35.5. The number of methoxy groups -OCH3 is 2. The lowest BCUT2D eigenvalue weighted by molar-refractivity contribution is 0.0938. The number of rotatable bonds is 9. The van der Waals surface area contributed by atoms with Gasteiger partial charge in [0.15, 0.2) is 11.5 Å². The lowest BCUT2D eigenvalue weighted by Gasteiger charge is -2.15. The molecule has 0 aliphatic rings. The molecule has 6 heteroatoms. The van der Waals surface area contributed by atoms with Gasteiger partial charge in [0.05, 0.1) is 14.2 Å². The van der Waals surface area contributed by atoms with E-state index in [-0.39, 0.29) is 11.9 Å². The number of aromatic nitrogens is 1. The second-order valence-corrected chi connectivity index (χ2v) is 7.80. The van der Waals surface area contributed by atoms with Crippen LogP contribution in [0, 0.1) is 0 Å². The minimum atomic E-state index is -0.130. The van der Waals surface area contributed by atoms with E-state index in [9.17, 15) is 4.79 Å². The van der Waals surface area contributed by atoms with E-state index in [0.717, 1.165) is 30.4 Å². The number of aryl methyl sites for hydroxylation is 1. The molecule has 1 amide bonds. The topological polar surface area (TPSA) is 60.5 Å². The predicted molar refractivity (Wildman–Crippen MR) is 124 cm³/mol. The molecule has 0 saturated heterocycles. The number of nitrogens with one attached hydrogen (secondary N) is 1. The van der Waals surface area contributed by atoms with Crippen LogP contribution in [0.3, 0.4) is 0 Å². The fourth-order valence-corrected chi connectivity index (χ4v) is 3.72. The Balaban J connectivity index is 1.61. The summed E-state index contributed by atoms with van der Waals surface area (Å²) < 4.78 is 10.7. The molecule has 2 aromatic carbocycles. The molecule has 0 unspecified atom stereocenters. The fraction of sp³-hybridized carbons (Fsp3) is 0.280. The summed E-state index contributed by atoms with van der Waals surface area (Å²) in [6, 6.07) is 15.0. The molecule has 3 rings (SSSR count). The van der Waals surface area contributed by atoms with Crippen LogP contribution in [0.25, 0.3) is 11.1 Å². The van der Waals surface area contributed by atoms with E-state index in [1.54, 1.807) is 32.5 Å². The zero-order chi connectivity index (χ0) is 22.2. The van der Waals surface area contributed by atoms with Crippen LogP contribution < -0.4 is 14.8 Å². The highest BCUT2D eigenvalue weighted by molar-refractivity contribution is 6.33. The Bertz CT molecular complexity index is 1020. The molecule has 0 bridgehead atoms. The van der Waals surface area contributed by atoms with Crippen LogP contribution in [-0.4, -0.2) is 31.2 Å². The van der Waals surface area contributed by atoms with Gasteiger partial charge in [-0.05, 0) is 67.6 Å². The number of halogens is 1. The molecule has 31 heavy (non-hydrogen) atoms. The van der Waals surface area contributed by atoms with Gasteiger partial charge in [0, 0.05) is 34.6 Å². The average Bonchev–Trinajstić information content (AvgIpc) is 2.79. The van der Waals surface area contributed by atoms with E-state index in [2.05, 4.69) is 16.4 Å². The summed E-state index contributed by atoms with van der Waals surface area (Å²) in [6.45, 7) is 2.01. The van der Waals surface area contributed by atoms with E-state index in [1.165, 1.54) is 5.56 Å². The molecule has 1 heterocycles. The summed E-state index contributed by atoms with van der Waals surface area (Å²) in [6.07, 6.45) is 6.46. The number of carbonyl (C=O) groups excluding carboxylic acids is 1. The van der Waals surface area contributed by atoms with Crippen molar-refractivity contribution in [3.8, 4) is 22.6 Å². The van der Waals surface area contributed by atoms with Crippen molar-refractivity contribution in [2.45, 2.75) is 32.2 Å². The number of hydrogen-bond acceptors (Lipinski definition) is 4. The molecule has 1 N–H and O–H groups in total. The van der Waals surface area contributed by atoms with E-state index >= 15 is 0 Å². The average molecular weight is 439 g/mol. The number of benzene rings is 2. The van der Waals surface area contributed by atoms with Gasteiger partial charge in [-0.3, -0.25) is 9.78 Å². The fourth-order valence-electron chi connectivity index (χ4n) is 3.43. The highest BCUT2D eigenvalue weighted by Crippen LogP contribution is 2.35. The van der Waals surface area contributed by atoms with Gasteiger partial charge in [-0.1, -0.05) is 29.8 Å². The van der Waals surface area contributed by atoms with E-state index in [0.29, 0.717) is 22.1 Å². The van der Waals surface area contributed by atoms with Crippen LogP contribution in [0.5, 0.6) is 11.5 Å². The summed E-state index contributed by atoms with van der Waals surface area (Å²) in [5.74, 6) is 1.14. The van der Waals surface area contributed by atoms with Crippen LogP contribution in [-0.2, 0) is 6.42 Å². The first-order valence-corrected chi connectivity index (χ1v) is 10.6. The lowest BCUT2D eigenvalue weighted by Crippen LogP contribution is -2.32. The van der Waals surface area contributed by atoms with Crippen molar-refractivity contribution in [3.63, 3.8) is 0 Å². The summed E-state index contributed by atoms with van der Waals surface area (Å²) in [4.78, 5) is 16.8. The second kappa shape index (κ2) is 10.8. The van der Waals surface area contributed by atoms with Crippen LogP contribution in [0.2, 0.25) is 5.02 Å². The maximum atomic E-state index is 12.7. The molecule has 162 valence electrons. The first kappa shape index (κ1) is 22.6. The normalized spacial score (nSPS) is 11.6. The van der Waals surface area contributed by atoms with Gasteiger partial charge < -0.3 is 14.8 Å². The molecular formula is C25H27ClN2O3. The maximum Gasteiger partial charge on any atom is 0.251 e. The lowest BCUT2D eigenvalue weighted by atomic mass is 10.0. The van der Waals surface area contributed by atoms with Gasteiger partial charge in [-0.2, -0.15) is 0 Å². The quantitative estimate of drug-likeness (QED) is 0.475. The monoisotopic (exact) mass is 438 g/mol. The first-order chi connectivity index (χ1) is 15.0. The Morgan fingerprint density at radius 2 is 1.90 bits per heavy atom. The zero-order valence-corrected chi connectivity index (χ0v) is 18.8. The van der Waals surface area contributed by atoms with Gasteiger partial charge in [-0.25, -0.2) is 0 Å². The minimum absolute atomic E-state index is 0.0634. The third-order valence-corrected chi connectivity index (χ3v) is 5.44. The van der Waals surface area contributed by atoms with Gasteiger partial charge in [0.25, 0.3) is 5.91 Å². The molecular weight excluding hydrogens is 412 g/mol. The largest absolute Gasteiger partial charge is 0.493 e. The Hall–Kier alpha value is -3.05. The highest BCUT2D eigenvalue weighted by Gasteiger charge is 2.14. The van der Waals surface area contributed by atoms with E-state index in [4.69, 9.17) is 21.1 Å². The number of amides is 1. The van der Waals surface area contributed by atoms with Crippen molar-refractivity contribution in [1.82, 2.24) is 10.3 Å². The smallest absolute Gasteiger partial charge is 0.251 e. The predicted octanol–water partition coefficient (Wildman–Crippen LogP) is 5.56. The Morgan fingerprint density at radius 1 is 1.10 bits per heavy atom. The molecule has 0 spiro atoms. The van der Waals surface area contributed by atoms with Crippen molar-refractivity contribution >= 4 is 17.5 Å². The second-order valence-electron chi connectivity index (χ2n) is 7.39. The molecule has 1 aromatic heterocycles. The number of hydrogen-bond donors (Lipinski definition) is 1. The van der Waals surface area contributed by atoms with Crippen molar-refractivity contribution in [1.29, 1.82) is 0 Å². The van der Waals surface area contributed by atoms with Crippen molar-refractivity contribution in [2.24, 2.45) is 0 Å². The van der Waals surface area contributed by atoms with E-state index < -0.39 is 0 Å². The summed E-state index contributed by atoms with van der Waals surface area (Å²) in [5.41, 5.74) is 3.45. The van der Waals surface area contributed by atoms with Crippen LogP contribution in [0.1, 0.15) is 35.7 Å². The molecule has 0 saturated carbocycles. The molecule has 0 fully saturated rings. The number of carbonyl (C=O) groups is 1. The van der Waals surface area contributed by atoms with E-state index in [1.807, 2.05) is 43.5 Å². The number of ether oxygens (including phenoxy) is 2. The maximum absolute atomic E-state index is 12.7. The van der Waals surface area contributed by atoms with Crippen LogP contribution >= 0.6 is 11.6 Å². The van der Waals surface area contributed by atoms with Crippen LogP contribution in [0.15, 0.2) is 60.9 Å². The molecule has 3 aromatic rings. The third-order valence-electron chi connectivity index (χ3n) is 5.13. The zero-order valence-electron chi connectivity index (χ0n) is 18.0. The van der Waals surface area contributed by atoms with Gasteiger partial charge in [0.1, 0.15) is 0 Å². The molecule has 0 radical (unpaired) electrons. The summed E-state index contributed by atoms with van der Waals surface area (Å²) in [5, 5.41) is 3.56. The molecule has 1 atom stereocenters. The Labute approximate surface area is 188 Å². The summed E-state index contributed by atoms with van der Waals surface area (Å²) in [7, 11) is 3.19. The first-order valence-electron chi connectivity index (χ1n) is 10.2. The minimum Gasteiger partial charge on any atom is -0.493 e. The van der Waals surface area contributed by atoms with Crippen LogP contribution in [0.4, 0.5) is 0 Å². The van der Waals surface area contributed by atoms with Crippen molar-refractivity contribution in [2.75, 3.05) is 14.2 Å². The SMILES string of the molecule is COc1ccc(-c2ccc(C(=O)N[C@H](C)CCCc3cccnc3)cc2Cl)cc1OC. The summed E-state index contributed by atoms with van der Waals surface area (Å²) >= 11 is 6.51. The number of nitrogens with zero attached hydrogens (tertiary/aromatic N) is 1. The molecule has 0 aliphatic carbocycles. The van der Waals surface area contributed by atoms with Gasteiger partial charge in [-0.15, -0.1) is 0 Å². The van der Waals surface area contributed by atoms with Gasteiger partial charge in [0.2, 0.25) is 0 Å². The Kier molecular flexibility index (Phi) is 7.90. The molecule has 0 aliphatic heterocycles. The number of pyridine rings is 1. The van der Waals surface area contributed by atoms with Crippen molar-refractivity contribution in [3.05, 3.63) is 77.1 Å². The standard InChI is InChI=1S/C25H27ClN2O3/c1-17(6-4-7-18-8-5-13-27-16-18)28-25(29)20-9-11-21(22(26)14-20)19-10-12-23(30-2)24(15-19)31-3/h5,8-17H,4,6-7H2,1-3H3,(H,28,29)/t17-/m1/s1.